The van der Waals surface area contributed by atoms with Crippen LogP contribution in [0.3, 0.4) is 0 Å². The number of halogens is 1. The molecule has 2 aromatic rings. The summed E-state index contributed by atoms with van der Waals surface area (Å²) < 4.78 is 1.78. The molecule has 2 amide bonds. The van der Waals surface area contributed by atoms with Crippen LogP contribution in [0, 0.1) is 0 Å². The number of hydrogen-bond acceptors (Lipinski definition) is 3. The number of fused-ring (bicyclic) bond motifs is 5. The summed E-state index contributed by atoms with van der Waals surface area (Å²) in [4.78, 5) is 20.7. The van der Waals surface area contributed by atoms with Gasteiger partial charge in [-0.2, -0.15) is 9.48 Å². The summed E-state index contributed by atoms with van der Waals surface area (Å²) >= 11 is 6.12. The van der Waals surface area contributed by atoms with E-state index in [1.165, 1.54) is 0 Å². The van der Waals surface area contributed by atoms with E-state index in [1.54, 1.807) is 31.0 Å². The molecule has 2 aliphatic heterocycles. The molecular formula is C14H11ClN5O+. The van der Waals surface area contributed by atoms with Gasteiger partial charge in [0.25, 0.3) is 5.84 Å². The maximum atomic E-state index is 12.1. The van der Waals surface area contributed by atoms with Crippen molar-refractivity contribution in [3.8, 4) is 5.69 Å². The highest BCUT2D eigenvalue weighted by atomic mass is 35.5. The van der Waals surface area contributed by atoms with Gasteiger partial charge in [0.05, 0.1) is 35.7 Å². The van der Waals surface area contributed by atoms with Crippen molar-refractivity contribution >= 4 is 23.5 Å². The van der Waals surface area contributed by atoms with Crippen LogP contribution in [0.15, 0.2) is 48.1 Å². The van der Waals surface area contributed by atoms with Crippen molar-refractivity contribution in [1.29, 1.82) is 0 Å². The molecule has 2 aliphatic rings. The number of primary amides is 1. The summed E-state index contributed by atoms with van der Waals surface area (Å²) in [6, 6.07) is 5.00. The van der Waals surface area contributed by atoms with Gasteiger partial charge in [-0.3, -0.25) is 4.57 Å². The van der Waals surface area contributed by atoms with E-state index in [2.05, 4.69) is 9.98 Å². The SMILES string of the molecule is NC(=O)[N+]12C=CN=C1c1ccc(Cl)cc1-n1cncc1C2. The van der Waals surface area contributed by atoms with Crippen LogP contribution in [0.4, 0.5) is 4.79 Å². The third-order valence-corrected chi connectivity index (χ3v) is 4.11. The third kappa shape index (κ3) is 1.54. The first-order valence-electron chi connectivity index (χ1n) is 6.37. The minimum absolute atomic E-state index is 0.139. The Morgan fingerprint density at radius 1 is 1.43 bits per heavy atom. The van der Waals surface area contributed by atoms with Crippen molar-refractivity contribution in [2.75, 3.05) is 0 Å². The lowest BCUT2D eigenvalue weighted by atomic mass is 10.1. The van der Waals surface area contributed by atoms with E-state index in [-0.39, 0.29) is 4.48 Å². The smallest absolute Gasteiger partial charge is 0.318 e. The highest BCUT2D eigenvalue weighted by molar-refractivity contribution is 6.31. The number of amidine groups is 1. The highest BCUT2D eigenvalue weighted by Crippen LogP contribution is 2.34. The fourth-order valence-corrected chi connectivity index (χ4v) is 3.03. The minimum atomic E-state index is -0.474. The lowest BCUT2D eigenvalue weighted by Crippen LogP contribution is -2.53. The van der Waals surface area contributed by atoms with Crippen LogP contribution in [0.5, 0.6) is 0 Å². The van der Waals surface area contributed by atoms with Crippen molar-refractivity contribution in [2.24, 2.45) is 10.7 Å². The van der Waals surface area contributed by atoms with Gasteiger partial charge < -0.3 is 5.73 Å². The third-order valence-electron chi connectivity index (χ3n) is 3.88. The van der Waals surface area contributed by atoms with Crippen molar-refractivity contribution in [2.45, 2.75) is 6.54 Å². The van der Waals surface area contributed by atoms with Gasteiger partial charge in [-0.25, -0.2) is 9.78 Å². The summed E-state index contributed by atoms with van der Waals surface area (Å²) in [6.45, 7) is 0.372. The zero-order valence-electron chi connectivity index (χ0n) is 10.9. The average molecular weight is 301 g/mol. The van der Waals surface area contributed by atoms with Gasteiger partial charge in [0, 0.05) is 5.02 Å². The molecular weight excluding hydrogens is 290 g/mol. The van der Waals surface area contributed by atoms with Gasteiger partial charge in [0.15, 0.2) is 0 Å². The Balaban J connectivity index is 2.09. The van der Waals surface area contributed by atoms with Crippen molar-refractivity contribution in [1.82, 2.24) is 9.55 Å². The molecule has 3 heterocycles. The van der Waals surface area contributed by atoms with E-state index in [9.17, 15) is 4.79 Å². The number of nitrogens with two attached hydrogens (primary N) is 1. The number of rotatable bonds is 0. The number of hydrogen-bond donors (Lipinski definition) is 1. The maximum Gasteiger partial charge on any atom is 0.425 e. The molecule has 1 aromatic carbocycles. The number of benzene rings is 1. The molecule has 0 fully saturated rings. The second-order valence-corrected chi connectivity index (χ2v) is 5.47. The van der Waals surface area contributed by atoms with Crippen LogP contribution in [-0.2, 0) is 6.54 Å². The van der Waals surface area contributed by atoms with Gasteiger partial charge >= 0.3 is 6.03 Å². The first-order valence-corrected chi connectivity index (χ1v) is 6.75. The van der Waals surface area contributed by atoms with E-state index in [1.807, 2.05) is 16.7 Å². The predicted molar refractivity (Wildman–Crippen MR) is 77.8 cm³/mol. The molecule has 7 heteroatoms. The fourth-order valence-electron chi connectivity index (χ4n) is 2.86. The summed E-state index contributed by atoms with van der Waals surface area (Å²) in [6.07, 6.45) is 6.75. The molecule has 6 nitrogen and oxygen atoms in total. The zero-order chi connectivity index (χ0) is 14.6. The second-order valence-electron chi connectivity index (χ2n) is 5.03. The fraction of sp³-hybridized carbons (Fsp3) is 0.0714. The number of nitrogens with zero attached hydrogens (tertiary/aromatic N) is 4. The molecule has 2 N–H and O–H groups in total. The number of aromatic nitrogens is 2. The van der Waals surface area contributed by atoms with Crippen molar-refractivity contribution in [3.05, 3.63) is 59.4 Å². The molecule has 0 radical (unpaired) electrons. The molecule has 0 bridgehead atoms. The topological polar surface area (TPSA) is 73.3 Å². The van der Waals surface area contributed by atoms with Gasteiger partial charge in [-0.1, -0.05) is 11.6 Å². The average Bonchev–Trinajstić information content (AvgIpc) is 3.05. The lowest BCUT2D eigenvalue weighted by Gasteiger charge is -2.25. The van der Waals surface area contributed by atoms with Crippen LogP contribution < -0.4 is 5.73 Å². The highest BCUT2D eigenvalue weighted by Gasteiger charge is 2.46. The van der Waals surface area contributed by atoms with E-state index in [4.69, 9.17) is 17.3 Å². The Hall–Kier alpha value is -2.44. The first-order chi connectivity index (χ1) is 10.1. The van der Waals surface area contributed by atoms with Crippen molar-refractivity contribution in [3.63, 3.8) is 0 Å². The number of carbonyl (C=O) groups excluding carboxylic acids is 1. The summed E-state index contributed by atoms with van der Waals surface area (Å²) in [7, 11) is 0. The number of imidazole rings is 1. The molecule has 0 saturated carbocycles. The number of quaternary nitrogens is 1. The van der Waals surface area contributed by atoms with Crippen LogP contribution in [0.2, 0.25) is 5.02 Å². The Bertz CT molecular complexity index is 838. The van der Waals surface area contributed by atoms with Crippen molar-refractivity contribution < 1.29 is 9.28 Å². The van der Waals surface area contributed by atoms with Crippen LogP contribution >= 0.6 is 11.6 Å². The molecule has 0 spiro atoms. The number of amides is 2. The van der Waals surface area contributed by atoms with Crippen LogP contribution in [0.1, 0.15) is 11.3 Å². The summed E-state index contributed by atoms with van der Waals surface area (Å²) in [5.41, 5.74) is 8.21. The Kier molecular flexibility index (Phi) is 2.36. The summed E-state index contributed by atoms with van der Waals surface area (Å²) in [5.74, 6) is 0.609. The largest absolute Gasteiger partial charge is 0.425 e. The van der Waals surface area contributed by atoms with Crippen LogP contribution in [0.25, 0.3) is 5.69 Å². The monoisotopic (exact) mass is 300 g/mol. The standard InChI is InChI=1S/C14H10ClN5O/c15-9-1-2-11-12(5-9)19-8-17-6-10(19)7-20(14(16)21)4-3-18-13(11)20/h1-6,8H,7H2,(H-,16,21)/p+1. The molecule has 21 heavy (non-hydrogen) atoms. The van der Waals surface area contributed by atoms with Gasteiger partial charge in [0.1, 0.15) is 12.7 Å². The second kappa shape index (κ2) is 4.03. The summed E-state index contributed by atoms with van der Waals surface area (Å²) in [5, 5.41) is 0.610. The lowest BCUT2D eigenvalue weighted by molar-refractivity contribution is -0.711. The molecule has 4 rings (SSSR count). The Morgan fingerprint density at radius 2 is 2.29 bits per heavy atom. The van der Waals surface area contributed by atoms with Crippen LogP contribution in [-0.4, -0.2) is 25.9 Å². The quantitative estimate of drug-likeness (QED) is 0.757. The molecule has 104 valence electrons. The zero-order valence-corrected chi connectivity index (χ0v) is 11.7. The van der Waals surface area contributed by atoms with Gasteiger partial charge in [0.2, 0.25) is 0 Å². The molecule has 0 saturated heterocycles. The normalized spacial score (nSPS) is 22.0. The minimum Gasteiger partial charge on any atom is -0.318 e. The molecule has 1 aromatic heterocycles. The molecule has 1 atom stereocenters. The van der Waals surface area contributed by atoms with Gasteiger partial charge in [-0.15, -0.1) is 0 Å². The Labute approximate surface area is 125 Å². The van der Waals surface area contributed by atoms with E-state index >= 15 is 0 Å². The van der Waals surface area contributed by atoms with E-state index < -0.39 is 6.03 Å². The Morgan fingerprint density at radius 3 is 3.10 bits per heavy atom. The van der Waals surface area contributed by atoms with E-state index in [0.29, 0.717) is 17.4 Å². The predicted octanol–water partition coefficient (Wildman–Crippen LogP) is 2.17. The van der Waals surface area contributed by atoms with Gasteiger partial charge in [-0.05, 0) is 18.2 Å². The first kappa shape index (κ1) is 12.3. The molecule has 1 unspecified atom stereocenters. The number of aliphatic imine (C=N–C) groups is 1. The maximum absolute atomic E-state index is 12.1. The number of urea groups is 1. The van der Waals surface area contributed by atoms with E-state index in [0.717, 1.165) is 16.9 Å². The molecule has 0 aliphatic carbocycles. The number of carbonyl (C=O) groups is 1.